The van der Waals surface area contributed by atoms with Gasteiger partial charge in [0, 0.05) is 0 Å². The minimum absolute atomic E-state index is 0.221. The van der Waals surface area contributed by atoms with Gasteiger partial charge in [-0.1, -0.05) is 34.5 Å². The second-order valence-corrected chi connectivity index (χ2v) is 3.91. The maximum absolute atomic E-state index is 12.8. The average molecular weight is 248 g/mol. The van der Waals surface area contributed by atoms with Crippen molar-refractivity contribution in [2.24, 2.45) is 0 Å². The Morgan fingerprint density at radius 1 is 1.54 bits per heavy atom. The molecule has 0 atom stereocenters. The topological polar surface area (TPSA) is 50.2 Å². The Morgan fingerprint density at radius 3 is 2.38 bits per heavy atom. The van der Waals surface area contributed by atoms with E-state index in [9.17, 15) is 13.6 Å². The monoisotopic (exact) mass is 247 g/mol. The summed E-state index contributed by atoms with van der Waals surface area (Å²) >= 11 is 10.9. The highest BCUT2D eigenvalue weighted by molar-refractivity contribution is 7.16. The maximum Gasteiger partial charge on any atom is 0.380 e. The van der Waals surface area contributed by atoms with Crippen molar-refractivity contribution in [2.45, 2.75) is 5.92 Å². The second kappa shape index (κ2) is 3.36. The summed E-state index contributed by atoms with van der Waals surface area (Å²) in [5.74, 6) is -6.32. The van der Waals surface area contributed by atoms with Crippen LogP contribution in [0.3, 0.4) is 0 Å². The molecule has 3 nitrogen and oxygen atoms in total. The highest BCUT2D eigenvalue weighted by Crippen LogP contribution is 2.39. The second-order valence-electron chi connectivity index (χ2n) is 1.97. The lowest BCUT2D eigenvalue weighted by Crippen LogP contribution is -2.24. The highest BCUT2D eigenvalue weighted by Gasteiger charge is 2.45. The Bertz CT molecular complexity index is 354. The van der Waals surface area contributed by atoms with Crippen LogP contribution in [-0.4, -0.2) is 16.1 Å². The number of halogens is 4. The highest BCUT2D eigenvalue weighted by atomic mass is 35.5. The van der Waals surface area contributed by atoms with Gasteiger partial charge in [0.05, 0.1) is 0 Å². The van der Waals surface area contributed by atoms with Crippen LogP contribution in [0.2, 0.25) is 9.62 Å². The van der Waals surface area contributed by atoms with Crippen molar-refractivity contribution < 1.29 is 18.7 Å². The first-order valence-electron chi connectivity index (χ1n) is 2.79. The van der Waals surface area contributed by atoms with E-state index in [0.29, 0.717) is 11.3 Å². The Balaban J connectivity index is 3.21. The Hall–Kier alpha value is -0.460. The predicted molar refractivity (Wildman–Crippen MR) is 43.7 cm³/mol. The van der Waals surface area contributed by atoms with Gasteiger partial charge in [-0.2, -0.15) is 8.78 Å². The fourth-order valence-electron chi connectivity index (χ4n) is 0.568. The van der Waals surface area contributed by atoms with Gasteiger partial charge < -0.3 is 5.11 Å². The molecule has 0 amide bonds. The maximum atomic E-state index is 12.8. The molecular formula is C5HCl2F2NO2S. The van der Waals surface area contributed by atoms with Gasteiger partial charge in [-0.05, 0) is 0 Å². The molecular weight excluding hydrogens is 247 g/mol. The summed E-state index contributed by atoms with van der Waals surface area (Å²) in [6.07, 6.45) is 0. The van der Waals surface area contributed by atoms with Crippen LogP contribution in [0.5, 0.6) is 0 Å². The summed E-state index contributed by atoms with van der Waals surface area (Å²) in [4.78, 5) is 12.5. The van der Waals surface area contributed by atoms with Gasteiger partial charge in [0.15, 0.2) is 9.62 Å². The number of rotatable bonds is 2. The molecule has 1 heterocycles. The van der Waals surface area contributed by atoms with E-state index in [1.807, 2.05) is 0 Å². The van der Waals surface area contributed by atoms with E-state index in [1.165, 1.54) is 0 Å². The third kappa shape index (κ3) is 1.90. The van der Waals surface area contributed by atoms with E-state index in [2.05, 4.69) is 4.98 Å². The van der Waals surface area contributed by atoms with E-state index in [1.54, 1.807) is 0 Å². The molecule has 0 aliphatic heterocycles. The van der Waals surface area contributed by atoms with Gasteiger partial charge in [0.25, 0.3) is 0 Å². The molecule has 1 N–H and O–H groups in total. The summed E-state index contributed by atoms with van der Waals surface area (Å²) in [6.45, 7) is 0. The molecule has 0 saturated heterocycles. The Labute approximate surface area is 84.9 Å². The first-order chi connectivity index (χ1) is 5.85. The molecule has 0 aromatic carbocycles. The fourth-order valence-corrected chi connectivity index (χ4v) is 1.95. The van der Waals surface area contributed by atoms with Crippen LogP contribution in [0.25, 0.3) is 0 Å². The van der Waals surface area contributed by atoms with Gasteiger partial charge in [-0.15, -0.1) is 0 Å². The van der Waals surface area contributed by atoms with E-state index >= 15 is 0 Å². The third-order valence-corrected chi connectivity index (χ3v) is 2.73. The summed E-state index contributed by atoms with van der Waals surface area (Å²) in [5, 5.41) is 7.57. The molecule has 0 saturated carbocycles. The molecule has 0 bridgehead atoms. The number of carboxylic acid groups (broad SMARTS) is 1. The van der Waals surface area contributed by atoms with Crippen LogP contribution in [-0.2, 0) is 10.7 Å². The number of aliphatic carboxylic acids is 1. The number of alkyl halides is 2. The quantitative estimate of drug-likeness (QED) is 0.875. The molecule has 1 aromatic rings. The van der Waals surface area contributed by atoms with Gasteiger partial charge >= 0.3 is 11.9 Å². The van der Waals surface area contributed by atoms with Gasteiger partial charge in [-0.25, -0.2) is 9.78 Å². The number of nitrogens with zero attached hydrogens (tertiary/aromatic N) is 1. The van der Waals surface area contributed by atoms with E-state index in [-0.39, 0.29) is 4.47 Å². The molecule has 1 rings (SSSR count). The minimum Gasteiger partial charge on any atom is -0.477 e. The Kier molecular flexibility index (Phi) is 2.74. The SMILES string of the molecule is O=C(O)C(F)(F)c1sc(Cl)nc1Cl. The fraction of sp³-hybridized carbons (Fsp3) is 0.200. The van der Waals surface area contributed by atoms with Crippen LogP contribution >= 0.6 is 34.5 Å². The van der Waals surface area contributed by atoms with Gasteiger partial charge in [-0.3, -0.25) is 0 Å². The van der Waals surface area contributed by atoms with E-state index < -0.39 is 21.9 Å². The predicted octanol–water partition coefficient (Wildman–Crippen LogP) is 2.63. The van der Waals surface area contributed by atoms with E-state index in [0.717, 1.165) is 0 Å². The lowest BCUT2D eigenvalue weighted by Gasteiger charge is -2.07. The molecule has 0 radical (unpaired) electrons. The molecule has 8 heteroatoms. The molecule has 0 unspecified atom stereocenters. The molecule has 13 heavy (non-hydrogen) atoms. The minimum atomic E-state index is -4.04. The summed E-state index contributed by atoms with van der Waals surface area (Å²) in [7, 11) is 0. The van der Waals surface area contributed by atoms with Crippen molar-refractivity contribution in [3.63, 3.8) is 0 Å². The number of thiazole rings is 1. The summed E-state index contributed by atoms with van der Waals surface area (Å²) in [6, 6.07) is 0. The van der Waals surface area contributed by atoms with Crippen molar-refractivity contribution in [3.05, 3.63) is 14.5 Å². The molecule has 0 spiro atoms. The molecule has 0 aliphatic rings. The average Bonchev–Trinajstić information content (AvgIpc) is 2.30. The van der Waals surface area contributed by atoms with Crippen molar-refractivity contribution in [1.29, 1.82) is 0 Å². The van der Waals surface area contributed by atoms with Crippen molar-refractivity contribution in [2.75, 3.05) is 0 Å². The number of carboxylic acids is 1. The zero-order valence-corrected chi connectivity index (χ0v) is 8.05. The van der Waals surface area contributed by atoms with Crippen molar-refractivity contribution in [1.82, 2.24) is 4.98 Å². The molecule has 1 aromatic heterocycles. The number of hydrogen-bond donors (Lipinski definition) is 1. The zero-order chi connectivity index (χ0) is 10.2. The van der Waals surface area contributed by atoms with Gasteiger partial charge in [0.1, 0.15) is 4.88 Å². The van der Waals surface area contributed by atoms with Crippen LogP contribution in [0.1, 0.15) is 4.88 Å². The summed E-state index contributed by atoms with van der Waals surface area (Å²) < 4.78 is 25.3. The molecule has 72 valence electrons. The largest absolute Gasteiger partial charge is 0.477 e. The standard InChI is InChI=1S/C5HCl2F2NO2S/c6-2-1(13-4(7)10-2)5(8,9)3(11)12/h(H,11,12). The number of carbonyl (C=O) groups is 1. The van der Waals surface area contributed by atoms with Crippen LogP contribution < -0.4 is 0 Å². The van der Waals surface area contributed by atoms with Crippen molar-refractivity contribution in [3.8, 4) is 0 Å². The first kappa shape index (κ1) is 10.6. The first-order valence-corrected chi connectivity index (χ1v) is 4.36. The Morgan fingerprint density at radius 2 is 2.08 bits per heavy atom. The van der Waals surface area contributed by atoms with Crippen LogP contribution in [0, 0.1) is 0 Å². The lowest BCUT2D eigenvalue weighted by molar-refractivity contribution is -0.165. The molecule has 0 aliphatic carbocycles. The smallest absolute Gasteiger partial charge is 0.380 e. The van der Waals surface area contributed by atoms with Crippen LogP contribution in [0.4, 0.5) is 8.78 Å². The number of hydrogen-bond acceptors (Lipinski definition) is 3. The number of aromatic nitrogens is 1. The summed E-state index contributed by atoms with van der Waals surface area (Å²) in [5.41, 5.74) is 0. The zero-order valence-electron chi connectivity index (χ0n) is 5.72. The lowest BCUT2D eigenvalue weighted by atomic mass is 10.3. The van der Waals surface area contributed by atoms with Crippen LogP contribution in [0.15, 0.2) is 0 Å². The third-order valence-electron chi connectivity index (χ3n) is 1.11. The van der Waals surface area contributed by atoms with E-state index in [4.69, 9.17) is 28.3 Å². The van der Waals surface area contributed by atoms with Crippen molar-refractivity contribution >= 4 is 40.5 Å². The molecule has 0 fully saturated rings. The normalized spacial score (nSPS) is 11.7. The van der Waals surface area contributed by atoms with Gasteiger partial charge in [0.2, 0.25) is 0 Å².